The van der Waals surface area contributed by atoms with Crippen LogP contribution in [0.2, 0.25) is 0 Å². The number of aromatic hydroxyl groups is 1. The van der Waals surface area contributed by atoms with Crippen molar-refractivity contribution in [1.29, 1.82) is 0 Å². The Morgan fingerprint density at radius 3 is 1.75 bits per heavy atom. The number of rotatable bonds is 6. The molecule has 3 aromatic rings. The van der Waals surface area contributed by atoms with Gasteiger partial charge in [0.1, 0.15) is 28.9 Å². The zero-order valence-electron chi connectivity index (χ0n) is 14.1. The van der Waals surface area contributed by atoms with Crippen LogP contribution in [0.25, 0.3) is 0 Å². The SMILES string of the molecule is CCCC[P+](c1ccccc1)(c1ccccc1)c1cccc(O)c1. The van der Waals surface area contributed by atoms with Crippen molar-refractivity contribution in [3.63, 3.8) is 0 Å². The molecule has 0 saturated carbocycles. The van der Waals surface area contributed by atoms with E-state index < -0.39 is 7.26 Å². The largest absolute Gasteiger partial charge is 0.508 e. The van der Waals surface area contributed by atoms with Gasteiger partial charge in [-0.15, -0.1) is 0 Å². The predicted molar refractivity (Wildman–Crippen MR) is 107 cm³/mol. The molecule has 0 aromatic heterocycles. The van der Waals surface area contributed by atoms with Gasteiger partial charge in [0.2, 0.25) is 0 Å². The molecule has 24 heavy (non-hydrogen) atoms. The van der Waals surface area contributed by atoms with E-state index >= 15 is 0 Å². The fraction of sp³-hybridized carbons (Fsp3) is 0.182. The van der Waals surface area contributed by atoms with Crippen LogP contribution in [0.5, 0.6) is 5.75 Å². The van der Waals surface area contributed by atoms with Gasteiger partial charge in [0.15, 0.2) is 0 Å². The summed E-state index contributed by atoms with van der Waals surface area (Å²) in [5.74, 6) is 0.347. The van der Waals surface area contributed by atoms with Crippen LogP contribution >= 0.6 is 7.26 Å². The highest BCUT2D eigenvalue weighted by Crippen LogP contribution is 2.56. The second-order valence-corrected chi connectivity index (χ2v) is 9.69. The summed E-state index contributed by atoms with van der Waals surface area (Å²) < 4.78 is 0. The standard InChI is InChI=1S/C22H23OP/c1-2-3-17-24(20-12-6-4-7-13-20,21-14-8-5-9-15-21)22-16-10-11-19(23)18-22/h4-16,18H,2-3,17H2,1H3/p+1. The molecule has 1 nitrogen and oxygen atoms in total. The van der Waals surface area contributed by atoms with E-state index in [4.69, 9.17) is 0 Å². The maximum Gasteiger partial charge on any atom is 0.119 e. The Morgan fingerprint density at radius 2 is 1.25 bits per heavy atom. The minimum Gasteiger partial charge on any atom is -0.508 e. The molecule has 0 aliphatic heterocycles. The molecule has 3 aromatic carbocycles. The molecule has 1 N–H and O–H groups in total. The van der Waals surface area contributed by atoms with Gasteiger partial charge in [0.05, 0.1) is 6.16 Å². The van der Waals surface area contributed by atoms with E-state index in [0.29, 0.717) is 5.75 Å². The first-order valence-corrected chi connectivity index (χ1v) is 10.5. The van der Waals surface area contributed by atoms with Crippen molar-refractivity contribution >= 4 is 23.2 Å². The van der Waals surface area contributed by atoms with E-state index in [-0.39, 0.29) is 0 Å². The molecule has 3 rings (SSSR count). The Labute approximate surface area is 145 Å². The molecule has 0 fully saturated rings. The zero-order chi connectivity index (χ0) is 16.8. The Hall–Kier alpha value is -2.11. The number of phenolic OH excluding ortho intramolecular Hbond substituents is 1. The second kappa shape index (κ2) is 7.64. The Morgan fingerprint density at radius 1 is 0.708 bits per heavy atom. The van der Waals surface area contributed by atoms with Crippen LogP contribution in [-0.4, -0.2) is 11.3 Å². The van der Waals surface area contributed by atoms with Gasteiger partial charge in [-0.25, -0.2) is 0 Å². The fourth-order valence-electron chi connectivity index (χ4n) is 3.33. The topological polar surface area (TPSA) is 20.2 Å². The third-order valence-corrected chi connectivity index (χ3v) is 9.02. The average Bonchev–Trinajstić information content (AvgIpc) is 2.64. The fourth-order valence-corrected chi connectivity index (χ4v) is 7.84. The van der Waals surface area contributed by atoms with Crippen molar-refractivity contribution in [1.82, 2.24) is 0 Å². The molecule has 0 spiro atoms. The van der Waals surface area contributed by atoms with Gasteiger partial charge >= 0.3 is 0 Å². The van der Waals surface area contributed by atoms with Crippen molar-refractivity contribution < 1.29 is 5.11 Å². The Kier molecular flexibility index (Phi) is 5.33. The average molecular weight is 335 g/mol. The van der Waals surface area contributed by atoms with Gasteiger partial charge < -0.3 is 5.11 Å². The number of hydrogen-bond acceptors (Lipinski definition) is 1. The van der Waals surface area contributed by atoms with Crippen LogP contribution in [0.3, 0.4) is 0 Å². The maximum atomic E-state index is 10.1. The monoisotopic (exact) mass is 335 g/mol. The highest BCUT2D eigenvalue weighted by molar-refractivity contribution is 7.95. The molecule has 0 radical (unpaired) electrons. The summed E-state index contributed by atoms with van der Waals surface area (Å²) in [7, 11) is -1.76. The zero-order valence-corrected chi connectivity index (χ0v) is 15.0. The van der Waals surface area contributed by atoms with Crippen molar-refractivity contribution in [3.05, 3.63) is 84.9 Å². The highest BCUT2D eigenvalue weighted by atomic mass is 31.2. The first-order valence-electron chi connectivity index (χ1n) is 8.56. The third-order valence-electron chi connectivity index (χ3n) is 4.51. The molecule has 0 heterocycles. The quantitative estimate of drug-likeness (QED) is 0.658. The van der Waals surface area contributed by atoms with Crippen molar-refractivity contribution in [2.24, 2.45) is 0 Å². The van der Waals surface area contributed by atoms with Crippen LogP contribution in [0, 0.1) is 0 Å². The number of phenols is 1. The lowest BCUT2D eigenvalue weighted by atomic mass is 10.3. The smallest absolute Gasteiger partial charge is 0.119 e. The summed E-state index contributed by atoms with van der Waals surface area (Å²) in [5.41, 5.74) is 0. The maximum absolute atomic E-state index is 10.1. The van der Waals surface area contributed by atoms with E-state index in [2.05, 4.69) is 73.7 Å². The Balaban J connectivity index is 2.28. The normalized spacial score (nSPS) is 11.4. The first kappa shape index (κ1) is 16.7. The summed E-state index contributed by atoms with van der Waals surface area (Å²) in [6, 6.07) is 29.5. The molecule has 0 saturated heterocycles. The van der Waals surface area contributed by atoms with Gasteiger partial charge in [0.25, 0.3) is 0 Å². The molecule has 122 valence electrons. The van der Waals surface area contributed by atoms with Crippen molar-refractivity contribution in [2.45, 2.75) is 19.8 Å². The van der Waals surface area contributed by atoms with E-state index in [1.165, 1.54) is 28.8 Å². The third kappa shape index (κ3) is 3.23. The first-order chi connectivity index (χ1) is 11.8. The molecular weight excluding hydrogens is 311 g/mol. The lowest BCUT2D eigenvalue weighted by molar-refractivity contribution is 0.476. The van der Waals surface area contributed by atoms with Crippen LogP contribution in [0.4, 0.5) is 0 Å². The van der Waals surface area contributed by atoms with Crippen LogP contribution in [0.1, 0.15) is 19.8 Å². The number of benzene rings is 3. The van der Waals surface area contributed by atoms with Crippen LogP contribution < -0.4 is 15.9 Å². The van der Waals surface area contributed by atoms with Crippen LogP contribution in [0.15, 0.2) is 84.9 Å². The van der Waals surface area contributed by atoms with E-state index in [0.717, 1.165) is 6.16 Å². The lowest BCUT2D eigenvalue weighted by Gasteiger charge is -2.27. The minimum absolute atomic E-state index is 0.347. The molecule has 0 unspecified atom stereocenters. The number of hydrogen-bond donors (Lipinski definition) is 1. The van der Waals surface area contributed by atoms with Gasteiger partial charge in [-0.05, 0) is 42.8 Å². The summed E-state index contributed by atoms with van der Waals surface area (Å²) in [6.45, 7) is 2.24. The highest BCUT2D eigenvalue weighted by Gasteiger charge is 2.44. The molecule has 0 aliphatic carbocycles. The van der Waals surface area contributed by atoms with Gasteiger partial charge in [-0.1, -0.05) is 55.8 Å². The van der Waals surface area contributed by atoms with Gasteiger partial charge in [-0.2, -0.15) is 0 Å². The molecule has 0 bridgehead atoms. The lowest BCUT2D eigenvalue weighted by Crippen LogP contribution is -2.33. The molecule has 0 amide bonds. The second-order valence-electron chi connectivity index (χ2n) is 6.08. The minimum atomic E-state index is -1.76. The Bertz CT molecular complexity index is 729. The summed E-state index contributed by atoms with van der Waals surface area (Å²) in [4.78, 5) is 0. The van der Waals surface area contributed by atoms with Crippen molar-refractivity contribution in [3.8, 4) is 5.75 Å². The predicted octanol–water partition coefficient (Wildman–Crippen LogP) is 4.49. The molecule has 0 aliphatic rings. The van der Waals surface area contributed by atoms with E-state index in [9.17, 15) is 5.11 Å². The van der Waals surface area contributed by atoms with E-state index in [1.54, 1.807) is 6.07 Å². The van der Waals surface area contributed by atoms with Gasteiger partial charge in [0, 0.05) is 6.07 Å². The van der Waals surface area contributed by atoms with Gasteiger partial charge in [-0.3, -0.25) is 0 Å². The van der Waals surface area contributed by atoms with Crippen molar-refractivity contribution in [2.75, 3.05) is 6.16 Å². The van der Waals surface area contributed by atoms with Crippen LogP contribution in [-0.2, 0) is 0 Å². The number of unbranched alkanes of at least 4 members (excludes halogenated alkanes) is 1. The van der Waals surface area contributed by atoms with E-state index in [1.807, 2.05) is 12.1 Å². The summed E-state index contributed by atoms with van der Waals surface area (Å²) in [6.07, 6.45) is 3.47. The molecular formula is C22H24OP+. The summed E-state index contributed by atoms with van der Waals surface area (Å²) in [5, 5.41) is 14.1. The molecule has 0 atom stereocenters. The molecule has 2 heteroatoms. The summed E-state index contributed by atoms with van der Waals surface area (Å²) >= 11 is 0.